The molecule has 1 saturated heterocycles. The van der Waals surface area contributed by atoms with E-state index < -0.39 is 0 Å². The number of carbonyl (C=O) groups excluding carboxylic acids is 1. The number of benzene rings is 1. The molecule has 2 aromatic heterocycles. The number of aliphatic imine (C=N–C) groups is 1. The lowest BCUT2D eigenvalue weighted by atomic mass is 9.94. The fourth-order valence-electron chi connectivity index (χ4n) is 4.00. The van der Waals surface area contributed by atoms with Gasteiger partial charge in [0, 0.05) is 43.8 Å². The molecule has 3 heterocycles. The maximum absolute atomic E-state index is 12.4. The lowest BCUT2D eigenvalue weighted by molar-refractivity contribution is -0.127. The van der Waals surface area contributed by atoms with E-state index in [1.807, 2.05) is 48.3 Å². The van der Waals surface area contributed by atoms with E-state index in [9.17, 15) is 4.79 Å². The Morgan fingerprint density at radius 2 is 2.00 bits per heavy atom. The summed E-state index contributed by atoms with van der Waals surface area (Å²) in [7, 11) is 1.90. The first-order valence-corrected chi connectivity index (χ1v) is 11.5. The van der Waals surface area contributed by atoms with Gasteiger partial charge in [-0.05, 0) is 29.1 Å². The van der Waals surface area contributed by atoms with Crippen LogP contribution in [0.15, 0.2) is 75.7 Å². The number of amides is 1. The van der Waals surface area contributed by atoms with Crippen molar-refractivity contribution in [2.24, 2.45) is 10.9 Å². The van der Waals surface area contributed by atoms with Crippen molar-refractivity contribution in [2.45, 2.75) is 25.4 Å². The number of nitrogens with one attached hydrogen (secondary N) is 2. The second-order valence-electron chi connectivity index (χ2n) is 7.71. The Morgan fingerprint density at radius 1 is 1.16 bits per heavy atom. The van der Waals surface area contributed by atoms with E-state index in [-0.39, 0.29) is 41.8 Å². The Bertz CT molecular complexity index is 977. The summed E-state index contributed by atoms with van der Waals surface area (Å²) in [4.78, 5) is 20.3. The van der Waals surface area contributed by atoms with Crippen molar-refractivity contribution in [1.29, 1.82) is 0 Å². The highest BCUT2D eigenvalue weighted by atomic mass is 127. The van der Waals surface area contributed by atoms with E-state index in [4.69, 9.17) is 9.41 Å². The summed E-state index contributed by atoms with van der Waals surface area (Å²) in [5, 5.41) is 8.95. The number of halogens is 1. The van der Waals surface area contributed by atoms with Crippen molar-refractivity contribution in [2.75, 3.05) is 20.1 Å². The topological polar surface area (TPSA) is 69.9 Å². The Labute approximate surface area is 210 Å². The lowest BCUT2D eigenvalue weighted by Gasteiger charge is -2.26. The van der Waals surface area contributed by atoms with Crippen LogP contribution in [-0.2, 0) is 17.8 Å². The Hall–Kier alpha value is -2.33. The molecule has 0 aliphatic carbocycles. The molecule has 3 aromatic rings. The molecule has 170 valence electrons. The minimum atomic E-state index is 0. The molecular weight excluding hydrogens is 535 g/mol. The summed E-state index contributed by atoms with van der Waals surface area (Å²) < 4.78 is 5.42. The van der Waals surface area contributed by atoms with Crippen LogP contribution in [-0.4, -0.2) is 36.9 Å². The van der Waals surface area contributed by atoms with Gasteiger partial charge in [-0.2, -0.15) is 0 Å². The van der Waals surface area contributed by atoms with E-state index in [1.54, 1.807) is 17.6 Å². The van der Waals surface area contributed by atoms with E-state index in [2.05, 4.69) is 34.2 Å². The number of guanidine groups is 1. The van der Waals surface area contributed by atoms with E-state index in [1.165, 1.54) is 10.4 Å². The number of hydrogen-bond acceptors (Lipinski definition) is 4. The van der Waals surface area contributed by atoms with Crippen LogP contribution in [0.2, 0.25) is 0 Å². The monoisotopic (exact) mass is 564 g/mol. The first kappa shape index (κ1) is 24.3. The van der Waals surface area contributed by atoms with Crippen molar-refractivity contribution in [3.05, 3.63) is 82.4 Å². The fourth-order valence-corrected chi connectivity index (χ4v) is 4.63. The van der Waals surface area contributed by atoms with Gasteiger partial charge in [-0.1, -0.05) is 36.4 Å². The normalized spacial score (nSPS) is 18.5. The van der Waals surface area contributed by atoms with Gasteiger partial charge in [0.1, 0.15) is 5.76 Å². The van der Waals surface area contributed by atoms with Crippen molar-refractivity contribution in [1.82, 2.24) is 15.5 Å². The largest absolute Gasteiger partial charge is 0.469 e. The van der Waals surface area contributed by atoms with Gasteiger partial charge in [0.2, 0.25) is 5.91 Å². The third-order valence-electron chi connectivity index (χ3n) is 5.58. The number of likely N-dealkylation sites (tertiary alicyclic amines) is 1. The highest BCUT2D eigenvalue weighted by Crippen LogP contribution is 2.36. The molecule has 0 bridgehead atoms. The van der Waals surface area contributed by atoms with Gasteiger partial charge in [-0.15, -0.1) is 35.3 Å². The number of furan rings is 1. The molecule has 4 rings (SSSR count). The summed E-state index contributed by atoms with van der Waals surface area (Å²) in [5.74, 6) is 2.06. The molecule has 2 atom stereocenters. The standard InChI is InChI=1S/C24H28N4O2S.HI/c1-28-22(29)15-19(23(28)18-7-3-2-4-8-18)16-26-24(27-17-21-10-6-14-31-21)25-12-11-20-9-5-13-30-20;/h2-10,13-14,19,23H,11-12,15-17H2,1H3,(H2,25,26,27);1H. The molecule has 0 radical (unpaired) electrons. The average Bonchev–Trinajstić information content (AvgIpc) is 3.54. The quantitative estimate of drug-likeness (QED) is 0.241. The summed E-state index contributed by atoms with van der Waals surface area (Å²) >= 11 is 1.70. The zero-order valence-corrected chi connectivity index (χ0v) is 21.2. The second kappa shape index (κ2) is 12.1. The Kier molecular flexibility index (Phi) is 9.16. The van der Waals surface area contributed by atoms with Crippen LogP contribution in [0.4, 0.5) is 0 Å². The second-order valence-corrected chi connectivity index (χ2v) is 8.74. The van der Waals surface area contributed by atoms with Gasteiger partial charge in [-0.25, -0.2) is 4.99 Å². The summed E-state index contributed by atoms with van der Waals surface area (Å²) in [6.07, 6.45) is 3.01. The molecule has 0 saturated carbocycles. The van der Waals surface area contributed by atoms with Gasteiger partial charge in [0.05, 0.1) is 18.8 Å². The van der Waals surface area contributed by atoms with Crippen LogP contribution in [0.1, 0.15) is 28.7 Å². The van der Waals surface area contributed by atoms with Gasteiger partial charge < -0.3 is 20.0 Å². The third kappa shape index (κ3) is 6.35. The van der Waals surface area contributed by atoms with Crippen molar-refractivity contribution >= 4 is 47.2 Å². The van der Waals surface area contributed by atoms with Crippen LogP contribution < -0.4 is 10.6 Å². The van der Waals surface area contributed by atoms with Gasteiger partial charge >= 0.3 is 0 Å². The third-order valence-corrected chi connectivity index (χ3v) is 6.44. The number of thiophene rings is 1. The highest BCUT2D eigenvalue weighted by Gasteiger charge is 2.38. The maximum Gasteiger partial charge on any atom is 0.223 e. The first-order chi connectivity index (χ1) is 15.2. The molecule has 1 aliphatic rings. The molecule has 32 heavy (non-hydrogen) atoms. The van der Waals surface area contributed by atoms with Crippen LogP contribution >= 0.6 is 35.3 Å². The van der Waals surface area contributed by atoms with Gasteiger partial charge in [0.25, 0.3) is 0 Å². The molecule has 2 unspecified atom stereocenters. The number of carbonyl (C=O) groups is 1. The predicted molar refractivity (Wildman–Crippen MR) is 139 cm³/mol. The summed E-state index contributed by atoms with van der Waals surface area (Å²) in [6.45, 7) is 2.02. The minimum Gasteiger partial charge on any atom is -0.469 e. The number of hydrogen-bond donors (Lipinski definition) is 2. The molecule has 1 aromatic carbocycles. The average molecular weight is 564 g/mol. The van der Waals surface area contributed by atoms with Gasteiger partial charge in [-0.3, -0.25) is 4.79 Å². The highest BCUT2D eigenvalue weighted by molar-refractivity contribution is 14.0. The zero-order chi connectivity index (χ0) is 21.5. The van der Waals surface area contributed by atoms with Crippen molar-refractivity contribution in [3.63, 3.8) is 0 Å². The number of nitrogens with zero attached hydrogens (tertiary/aromatic N) is 2. The fraction of sp³-hybridized carbons (Fsp3) is 0.333. The molecule has 6 nitrogen and oxygen atoms in total. The minimum absolute atomic E-state index is 0. The number of rotatable bonds is 8. The Morgan fingerprint density at radius 3 is 2.72 bits per heavy atom. The zero-order valence-electron chi connectivity index (χ0n) is 18.1. The summed E-state index contributed by atoms with van der Waals surface area (Å²) in [6, 6.07) is 18.3. The van der Waals surface area contributed by atoms with Crippen LogP contribution in [0, 0.1) is 5.92 Å². The van der Waals surface area contributed by atoms with Crippen molar-refractivity contribution < 1.29 is 9.21 Å². The van der Waals surface area contributed by atoms with E-state index >= 15 is 0 Å². The molecule has 2 N–H and O–H groups in total. The summed E-state index contributed by atoms with van der Waals surface area (Å²) in [5.41, 5.74) is 1.17. The van der Waals surface area contributed by atoms with Crippen LogP contribution in [0.25, 0.3) is 0 Å². The van der Waals surface area contributed by atoms with E-state index in [0.717, 1.165) is 24.7 Å². The molecule has 1 aliphatic heterocycles. The lowest BCUT2D eigenvalue weighted by Crippen LogP contribution is -2.41. The molecule has 1 fully saturated rings. The SMILES string of the molecule is CN1C(=O)CC(CNC(=NCc2cccs2)NCCc2ccco2)C1c1ccccc1.I. The van der Waals surface area contributed by atoms with Gasteiger partial charge in [0.15, 0.2) is 5.96 Å². The molecule has 0 spiro atoms. The predicted octanol–water partition coefficient (Wildman–Crippen LogP) is 4.46. The molecule has 1 amide bonds. The maximum atomic E-state index is 12.4. The molecule has 8 heteroatoms. The van der Waals surface area contributed by atoms with Crippen LogP contribution in [0.3, 0.4) is 0 Å². The van der Waals surface area contributed by atoms with E-state index in [0.29, 0.717) is 19.5 Å². The first-order valence-electron chi connectivity index (χ1n) is 10.6. The van der Waals surface area contributed by atoms with Crippen LogP contribution in [0.5, 0.6) is 0 Å². The molecular formula is C24H29IN4O2S. The Balaban J connectivity index is 0.00000289. The smallest absolute Gasteiger partial charge is 0.223 e. The van der Waals surface area contributed by atoms with Crippen molar-refractivity contribution in [3.8, 4) is 0 Å².